The summed E-state index contributed by atoms with van der Waals surface area (Å²) in [5.74, 6) is -9.91. The van der Waals surface area contributed by atoms with Crippen LogP contribution in [0, 0.1) is 17.8 Å². The molecular weight excluding hydrogens is 959 g/mol. The van der Waals surface area contributed by atoms with Crippen LogP contribution < -0.4 is 59.3 Å². The smallest absolute Gasteiger partial charge is 0.328 e. The number of aliphatic carboxylic acids is 1. The molecule has 0 aromatic carbocycles. The molecule has 0 heterocycles. The van der Waals surface area contributed by atoms with Crippen LogP contribution in [0.4, 0.5) is 0 Å². The number of carboxylic acid groups (broad SMARTS) is 1. The van der Waals surface area contributed by atoms with Crippen molar-refractivity contribution < 1.29 is 68.1 Å². The maximum Gasteiger partial charge on any atom is 0.328 e. The number of primary amides is 1. The Hall–Kier alpha value is -5.25. The molecule has 0 aliphatic rings. The highest BCUT2D eigenvalue weighted by molar-refractivity contribution is 7.98. The second kappa shape index (κ2) is 34.1. The highest BCUT2D eigenvalue weighted by Gasteiger charge is 2.35. The monoisotopic (exact) mass is 1040 g/mol. The topological polar surface area (TPSA) is 409 Å². The van der Waals surface area contributed by atoms with E-state index in [1.54, 1.807) is 40.2 Å². The summed E-state index contributed by atoms with van der Waals surface area (Å²) in [5.41, 5.74) is 11.4. The molecule has 70 heavy (non-hydrogen) atoms. The van der Waals surface area contributed by atoms with Crippen LogP contribution in [0.2, 0.25) is 0 Å². The van der Waals surface area contributed by atoms with E-state index in [9.17, 15) is 68.1 Å². The third kappa shape index (κ3) is 26.1. The molecule has 9 atom stereocenters. The first-order valence-corrected chi connectivity index (χ1v) is 25.7. The first-order chi connectivity index (χ1) is 32.7. The lowest BCUT2D eigenvalue weighted by molar-refractivity contribution is -0.143. The summed E-state index contributed by atoms with van der Waals surface area (Å²) in [5, 5.41) is 50.3. The number of amides is 10. The molecule has 10 amide bonds. The number of carbonyl (C=O) groups is 11. The molecule has 0 bridgehead atoms. The number of thioether (sulfide) groups is 2. The number of aliphatic hydroxyl groups excluding tert-OH is 2. The Morgan fingerprint density at radius 1 is 0.471 bits per heavy atom. The van der Waals surface area contributed by atoms with Gasteiger partial charge in [0.2, 0.25) is 59.1 Å². The van der Waals surface area contributed by atoms with E-state index in [4.69, 9.17) is 11.5 Å². The van der Waals surface area contributed by atoms with Crippen LogP contribution in [0.3, 0.4) is 0 Å². The molecule has 0 spiro atoms. The molecular formula is C43H77N11O14S2. The van der Waals surface area contributed by atoms with Crippen molar-refractivity contribution >= 4 is 88.6 Å². The van der Waals surface area contributed by atoms with Crippen LogP contribution in [0.25, 0.3) is 0 Å². The molecule has 0 unspecified atom stereocenters. The predicted molar refractivity (Wildman–Crippen MR) is 262 cm³/mol. The van der Waals surface area contributed by atoms with E-state index in [-0.39, 0.29) is 43.4 Å². The fourth-order valence-corrected chi connectivity index (χ4v) is 7.34. The van der Waals surface area contributed by atoms with Gasteiger partial charge in [0.05, 0.1) is 32.2 Å². The van der Waals surface area contributed by atoms with Gasteiger partial charge in [0.15, 0.2) is 0 Å². The Morgan fingerprint density at radius 2 is 0.857 bits per heavy atom. The van der Waals surface area contributed by atoms with Crippen molar-refractivity contribution in [2.75, 3.05) is 43.8 Å². The lowest BCUT2D eigenvalue weighted by Crippen LogP contribution is -2.60. The van der Waals surface area contributed by atoms with E-state index < -0.39 is 146 Å². The second-order valence-electron chi connectivity index (χ2n) is 17.9. The van der Waals surface area contributed by atoms with Crippen LogP contribution >= 0.6 is 23.5 Å². The maximum absolute atomic E-state index is 13.9. The number of nitrogens with one attached hydrogen (secondary N) is 9. The van der Waals surface area contributed by atoms with Crippen molar-refractivity contribution in [3.8, 4) is 0 Å². The standard InChI is InChI=1S/C43H77N11O14S2/c1-21(2)14-25(44)36(60)47-24(7)35(59)53-31(19-55)42(66)51-29(16-23(5)6)40(64)49-27(11-13-70-9)39(63)52-30(17-33(45)57)41(65)50-28(15-22(3)4)37(61)46-18-34(58)48-26(10-12-69-8)38(62)54-32(20-56)43(67)68/h21-32,55-56H,10-20,44H2,1-9H3,(H2,45,57)(H,46,61)(H,47,60)(H,48,58)(H,49,64)(H,50,65)(H,51,66)(H,52,63)(H,53,59)(H,54,62)(H,67,68)/t24-,25-,26-,27-,28-,29-,30-,31-,32-/m0/s1. The summed E-state index contributed by atoms with van der Waals surface area (Å²) in [6, 6.07) is -12.1. The van der Waals surface area contributed by atoms with Crippen LogP contribution in [-0.2, 0) is 52.7 Å². The van der Waals surface area contributed by atoms with E-state index in [0.717, 1.165) is 0 Å². The SMILES string of the molecule is CSCC[C@H](NC(=O)CNC(=O)[C@H](CC(C)C)NC(=O)[C@H](CC(N)=O)NC(=O)[C@H](CCSC)NC(=O)[C@H](CC(C)C)NC(=O)[C@H](CO)NC(=O)[C@H](C)NC(=O)[C@@H](N)CC(C)C)C(=O)N[C@@H](CO)C(=O)O. The fourth-order valence-electron chi connectivity index (χ4n) is 6.40. The zero-order valence-electron chi connectivity index (χ0n) is 41.5. The summed E-state index contributed by atoms with van der Waals surface area (Å²) in [4.78, 5) is 143. The molecule has 16 N–H and O–H groups in total. The summed E-state index contributed by atoms with van der Waals surface area (Å²) in [6.45, 7) is 9.60. The van der Waals surface area contributed by atoms with Crippen LogP contribution in [0.5, 0.6) is 0 Å². The van der Waals surface area contributed by atoms with Gasteiger partial charge in [0.25, 0.3) is 0 Å². The Bertz CT molecular complexity index is 1780. The number of carboxylic acids is 1. The Morgan fingerprint density at radius 3 is 1.30 bits per heavy atom. The molecule has 27 heteroatoms. The van der Waals surface area contributed by atoms with Crippen molar-refractivity contribution in [3.63, 3.8) is 0 Å². The fraction of sp³-hybridized carbons (Fsp3) is 0.744. The molecule has 0 aliphatic carbocycles. The second-order valence-corrected chi connectivity index (χ2v) is 19.8. The van der Waals surface area contributed by atoms with Crippen LogP contribution in [-0.4, -0.2) is 179 Å². The summed E-state index contributed by atoms with van der Waals surface area (Å²) >= 11 is 2.66. The molecule has 0 aromatic heterocycles. The highest BCUT2D eigenvalue weighted by atomic mass is 32.2. The molecule has 0 rings (SSSR count). The minimum absolute atomic E-state index is 0.00580. The minimum Gasteiger partial charge on any atom is -0.480 e. The van der Waals surface area contributed by atoms with E-state index in [0.29, 0.717) is 17.9 Å². The molecule has 25 nitrogen and oxygen atoms in total. The number of hydrogen-bond donors (Lipinski definition) is 14. The number of aliphatic hydroxyl groups is 2. The van der Waals surface area contributed by atoms with Crippen LogP contribution in [0.1, 0.15) is 87.0 Å². The lowest BCUT2D eigenvalue weighted by atomic mass is 10.0. The minimum atomic E-state index is -1.67. The summed E-state index contributed by atoms with van der Waals surface area (Å²) in [7, 11) is 0. The van der Waals surface area contributed by atoms with E-state index >= 15 is 0 Å². The van der Waals surface area contributed by atoms with E-state index in [2.05, 4.69) is 47.9 Å². The zero-order chi connectivity index (χ0) is 53.8. The number of carbonyl (C=O) groups excluding carboxylic acids is 10. The van der Waals surface area contributed by atoms with E-state index in [1.807, 2.05) is 13.8 Å². The lowest BCUT2D eigenvalue weighted by Gasteiger charge is -2.28. The number of nitrogens with two attached hydrogens (primary N) is 2. The van der Waals surface area contributed by atoms with Gasteiger partial charge in [-0.3, -0.25) is 47.9 Å². The van der Waals surface area contributed by atoms with Crippen molar-refractivity contribution in [1.29, 1.82) is 0 Å². The van der Waals surface area contributed by atoms with Gasteiger partial charge in [-0.25, -0.2) is 4.79 Å². The molecule has 0 saturated heterocycles. The third-order valence-electron chi connectivity index (χ3n) is 10.1. The summed E-state index contributed by atoms with van der Waals surface area (Å²) < 4.78 is 0. The van der Waals surface area contributed by atoms with Crippen molar-refractivity contribution in [2.24, 2.45) is 29.2 Å². The molecule has 0 fully saturated rings. The van der Waals surface area contributed by atoms with Gasteiger partial charge in [0.1, 0.15) is 48.3 Å². The largest absolute Gasteiger partial charge is 0.480 e. The molecule has 0 saturated carbocycles. The van der Waals surface area contributed by atoms with Gasteiger partial charge in [0, 0.05) is 0 Å². The first kappa shape index (κ1) is 64.8. The average molecular weight is 1040 g/mol. The number of hydrogen-bond acceptors (Lipinski definition) is 16. The average Bonchev–Trinajstić information content (AvgIpc) is 3.27. The molecule has 0 radical (unpaired) electrons. The molecule has 0 aromatic rings. The van der Waals surface area contributed by atoms with Gasteiger partial charge >= 0.3 is 5.97 Å². The van der Waals surface area contributed by atoms with Gasteiger partial charge in [-0.2, -0.15) is 23.5 Å². The normalized spacial score (nSPS) is 15.1. The Kier molecular flexibility index (Phi) is 31.6. The van der Waals surface area contributed by atoms with Crippen LogP contribution in [0.15, 0.2) is 0 Å². The highest BCUT2D eigenvalue weighted by Crippen LogP contribution is 2.11. The quantitative estimate of drug-likeness (QED) is 0.0287. The van der Waals surface area contributed by atoms with Gasteiger partial charge in [-0.15, -0.1) is 0 Å². The first-order valence-electron chi connectivity index (χ1n) is 22.9. The zero-order valence-corrected chi connectivity index (χ0v) is 43.1. The predicted octanol–water partition coefficient (Wildman–Crippen LogP) is -4.08. The van der Waals surface area contributed by atoms with Crippen molar-refractivity contribution in [3.05, 3.63) is 0 Å². The molecule has 400 valence electrons. The third-order valence-corrected chi connectivity index (χ3v) is 11.4. The number of rotatable bonds is 35. The summed E-state index contributed by atoms with van der Waals surface area (Å²) in [6.07, 6.45) is 3.19. The molecule has 0 aliphatic heterocycles. The van der Waals surface area contributed by atoms with Gasteiger partial charge in [-0.1, -0.05) is 41.5 Å². The van der Waals surface area contributed by atoms with Gasteiger partial charge in [-0.05, 0) is 80.8 Å². The Balaban J connectivity index is 6.19. The maximum atomic E-state index is 13.9. The van der Waals surface area contributed by atoms with E-state index in [1.165, 1.54) is 30.4 Å². The van der Waals surface area contributed by atoms with Crippen molar-refractivity contribution in [2.45, 2.75) is 141 Å². The Labute approximate surface area is 417 Å². The van der Waals surface area contributed by atoms with Gasteiger partial charge < -0.3 is 74.6 Å². The van der Waals surface area contributed by atoms with Crippen molar-refractivity contribution in [1.82, 2.24) is 47.9 Å².